The van der Waals surface area contributed by atoms with Gasteiger partial charge in [-0.25, -0.2) is 4.39 Å². The van der Waals surface area contributed by atoms with Gasteiger partial charge in [-0.05, 0) is 56.9 Å². The third kappa shape index (κ3) is 3.93. The van der Waals surface area contributed by atoms with Crippen LogP contribution in [-0.2, 0) is 26.5 Å². The minimum Gasteiger partial charge on any atom is -0.396 e. The molecule has 3 aliphatic rings. The maximum Gasteiger partial charge on any atom is 0.264 e. The number of alkyl halides is 1. The second kappa shape index (κ2) is 9.27. The lowest BCUT2D eigenvalue weighted by atomic mass is 9.71. The van der Waals surface area contributed by atoms with Crippen LogP contribution < -0.4 is 9.80 Å². The Hall–Kier alpha value is -2.77. The van der Waals surface area contributed by atoms with Gasteiger partial charge in [0.15, 0.2) is 5.60 Å². The summed E-state index contributed by atoms with van der Waals surface area (Å²) >= 11 is 0. The van der Waals surface area contributed by atoms with E-state index in [9.17, 15) is 14.7 Å². The van der Waals surface area contributed by atoms with Crippen LogP contribution in [0.4, 0.5) is 15.8 Å². The molecule has 0 aromatic heterocycles. The highest BCUT2D eigenvalue weighted by molar-refractivity contribution is 6.08. The fourth-order valence-corrected chi connectivity index (χ4v) is 6.60. The van der Waals surface area contributed by atoms with Crippen LogP contribution in [0, 0.1) is 11.8 Å². The van der Waals surface area contributed by atoms with E-state index in [0.29, 0.717) is 25.1 Å². The smallest absolute Gasteiger partial charge is 0.264 e. The molecule has 3 aliphatic heterocycles. The van der Waals surface area contributed by atoms with E-state index in [4.69, 9.17) is 4.74 Å². The molecule has 6 nitrogen and oxygen atoms in total. The Morgan fingerprint density at radius 3 is 2.56 bits per heavy atom. The Morgan fingerprint density at radius 1 is 1.14 bits per heavy atom. The van der Waals surface area contributed by atoms with Gasteiger partial charge in [0.2, 0.25) is 5.91 Å². The number of benzene rings is 2. The first-order chi connectivity index (χ1) is 17.2. The summed E-state index contributed by atoms with van der Waals surface area (Å²) in [4.78, 5) is 30.5. The largest absolute Gasteiger partial charge is 0.396 e. The number of piperidine rings is 1. The van der Waals surface area contributed by atoms with Gasteiger partial charge in [0.25, 0.3) is 5.91 Å². The first-order valence-electron chi connectivity index (χ1n) is 13.0. The molecule has 36 heavy (non-hydrogen) atoms. The Labute approximate surface area is 212 Å². The van der Waals surface area contributed by atoms with Gasteiger partial charge in [0.05, 0.1) is 18.3 Å². The zero-order chi connectivity index (χ0) is 25.7. The molecule has 0 bridgehead atoms. The molecule has 1 N–H and O–H groups in total. The van der Waals surface area contributed by atoms with Crippen LogP contribution in [0.2, 0.25) is 0 Å². The van der Waals surface area contributed by atoms with E-state index < -0.39 is 29.2 Å². The average molecular weight is 495 g/mol. The summed E-state index contributed by atoms with van der Waals surface area (Å²) < 4.78 is 22.2. The summed E-state index contributed by atoms with van der Waals surface area (Å²) in [5, 5.41) is 9.74. The van der Waals surface area contributed by atoms with Crippen LogP contribution in [0.5, 0.6) is 0 Å². The highest BCUT2D eigenvalue weighted by Gasteiger charge is 2.66. The first kappa shape index (κ1) is 24.9. The van der Waals surface area contributed by atoms with Crippen LogP contribution in [-0.4, -0.2) is 41.8 Å². The van der Waals surface area contributed by atoms with E-state index in [2.05, 4.69) is 0 Å². The number of halogens is 1. The van der Waals surface area contributed by atoms with Crippen molar-refractivity contribution >= 4 is 23.2 Å². The van der Waals surface area contributed by atoms with E-state index in [0.717, 1.165) is 29.8 Å². The molecule has 2 saturated heterocycles. The van der Waals surface area contributed by atoms with Gasteiger partial charge in [-0.1, -0.05) is 37.3 Å². The SMILES string of the molecule is C[C@H]1[C@H](C(C)(C)F)[C@@H](CCO)O[C@]12C(=O)N(Cc1ccccc1)c1ccc(N3CCCCC3=O)cc12. The van der Waals surface area contributed by atoms with Crippen molar-refractivity contribution in [2.75, 3.05) is 23.0 Å². The molecule has 7 heteroatoms. The van der Waals surface area contributed by atoms with E-state index in [-0.39, 0.29) is 24.8 Å². The van der Waals surface area contributed by atoms with Crippen molar-refractivity contribution in [1.29, 1.82) is 0 Å². The van der Waals surface area contributed by atoms with Crippen LogP contribution in [0.3, 0.4) is 0 Å². The minimum atomic E-state index is -1.61. The molecule has 192 valence electrons. The highest BCUT2D eigenvalue weighted by atomic mass is 19.1. The Balaban J connectivity index is 1.64. The van der Waals surface area contributed by atoms with Crippen molar-refractivity contribution in [2.45, 2.75) is 70.4 Å². The molecule has 2 aromatic rings. The van der Waals surface area contributed by atoms with Crippen molar-refractivity contribution in [2.24, 2.45) is 11.8 Å². The molecule has 0 saturated carbocycles. The molecule has 5 rings (SSSR count). The zero-order valence-electron chi connectivity index (χ0n) is 21.2. The molecule has 3 heterocycles. The monoisotopic (exact) mass is 494 g/mol. The summed E-state index contributed by atoms with van der Waals surface area (Å²) in [5.74, 6) is -1.21. The normalized spacial score (nSPS) is 28.3. The van der Waals surface area contributed by atoms with E-state index in [1.165, 1.54) is 13.8 Å². The van der Waals surface area contributed by atoms with Gasteiger partial charge in [0, 0.05) is 42.7 Å². The van der Waals surface area contributed by atoms with E-state index >= 15 is 4.39 Å². The minimum absolute atomic E-state index is 0.0713. The summed E-state index contributed by atoms with van der Waals surface area (Å²) in [6.07, 6.45) is 1.94. The lowest BCUT2D eigenvalue weighted by Gasteiger charge is -2.33. The quantitative estimate of drug-likeness (QED) is 0.631. The maximum atomic E-state index is 15.6. The number of aliphatic hydroxyl groups is 1. The third-order valence-corrected chi connectivity index (χ3v) is 8.18. The number of rotatable bonds is 6. The zero-order valence-corrected chi connectivity index (χ0v) is 21.2. The molecule has 0 aliphatic carbocycles. The van der Waals surface area contributed by atoms with Gasteiger partial charge in [-0.2, -0.15) is 0 Å². The second-order valence-electron chi connectivity index (χ2n) is 10.9. The standard InChI is InChI=1S/C29H35FN2O4/c1-19-26(28(2,3)30)24(14-16-33)36-29(19)22-17-21(31-15-8-7-11-25(31)34)12-13-23(22)32(27(29)35)18-20-9-5-4-6-10-20/h4-6,9-10,12-13,17,19,24,26,33H,7-8,11,14-16,18H2,1-3H3/t19-,24+,26-,29+/m0/s1. The lowest BCUT2D eigenvalue weighted by Crippen LogP contribution is -2.45. The number of nitrogens with zero attached hydrogens (tertiary/aromatic N) is 2. The number of anilines is 2. The number of ether oxygens (including phenoxy) is 1. The van der Waals surface area contributed by atoms with Gasteiger partial charge >= 0.3 is 0 Å². The molecule has 0 unspecified atom stereocenters. The van der Waals surface area contributed by atoms with Crippen LogP contribution >= 0.6 is 0 Å². The van der Waals surface area contributed by atoms with E-state index in [1.807, 2.05) is 55.5 Å². The molecular formula is C29H35FN2O4. The number of fused-ring (bicyclic) bond motifs is 2. The number of amides is 2. The molecular weight excluding hydrogens is 459 g/mol. The molecule has 1 spiro atoms. The average Bonchev–Trinajstić information content (AvgIpc) is 3.27. The summed E-state index contributed by atoms with van der Waals surface area (Å²) in [6, 6.07) is 15.4. The first-order valence-corrected chi connectivity index (χ1v) is 13.0. The predicted octanol–water partition coefficient (Wildman–Crippen LogP) is 4.73. The predicted molar refractivity (Wildman–Crippen MR) is 136 cm³/mol. The van der Waals surface area contributed by atoms with Crippen molar-refractivity contribution in [3.63, 3.8) is 0 Å². The maximum absolute atomic E-state index is 15.6. The molecule has 2 aromatic carbocycles. The lowest BCUT2D eigenvalue weighted by molar-refractivity contribution is -0.146. The fraction of sp³-hybridized carbons (Fsp3) is 0.517. The number of hydrogen-bond donors (Lipinski definition) is 1. The van der Waals surface area contributed by atoms with Gasteiger partial charge < -0.3 is 19.6 Å². The van der Waals surface area contributed by atoms with Crippen molar-refractivity contribution in [3.8, 4) is 0 Å². The van der Waals surface area contributed by atoms with Gasteiger partial charge in [0.1, 0.15) is 5.67 Å². The second-order valence-corrected chi connectivity index (χ2v) is 10.9. The van der Waals surface area contributed by atoms with Crippen LogP contribution in [0.15, 0.2) is 48.5 Å². The number of carbonyl (C=O) groups is 2. The fourth-order valence-electron chi connectivity index (χ4n) is 6.60. The molecule has 0 radical (unpaired) electrons. The van der Waals surface area contributed by atoms with Gasteiger partial charge in [-0.3, -0.25) is 9.59 Å². The third-order valence-electron chi connectivity index (χ3n) is 8.18. The van der Waals surface area contributed by atoms with Crippen LogP contribution in [0.1, 0.15) is 57.6 Å². The Bertz CT molecular complexity index is 1150. The van der Waals surface area contributed by atoms with E-state index in [1.54, 1.807) is 9.80 Å². The number of hydrogen-bond acceptors (Lipinski definition) is 4. The summed E-state index contributed by atoms with van der Waals surface area (Å²) in [6.45, 7) is 5.77. The highest BCUT2D eigenvalue weighted by Crippen LogP contribution is 2.59. The van der Waals surface area contributed by atoms with Crippen molar-refractivity contribution < 1.29 is 23.8 Å². The van der Waals surface area contributed by atoms with Gasteiger partial charge in [-0.15, -0.1) is 0 Å². The number of carbonyl (C=O) groups excluding carboxylic acids is 2. The molecule has 2 amide bonds. The summed E-state index contributed by atoms with van der Waals surface area (Å²) in [5.41, 5.74) is 0.128. The number of aliphatic hydroxyl groups excluding tert-OH is 1. The van der Waals surface area contributed by atoms with Crippen LogP contribution in [0.25, 0.3) is 0 Å². The molecule has 4 atom stereocenters. The van der Waals surface area contributed by atoms with Crippen molar-refractivity contribution in [1.82, 2.24) is 0 Å². The van der Waals surface area contributed by atoms with Crippen molar-refractivity contribution in [3.05, 3.63) is 59.7 Å². The summed E-state index contributed by atoms with van der Waals surface area (Å²) in [7, 11) is 0. The Kier molecular flexibility index (Phi) is 6.41. The topological polar surface area (TPSA) is 70.1 Å². The molecule has 2 fully saturated rings. The Morgan fingerprint density at radius 2 is 1.89 bits per heavy atom.